The van der Waals surface area contributed by atoms with Crippen molar-refractivity contribution in [2.45, 2.75) is 57.8 Å². The number of benzene rings is 2. The lowest BCUT2D eigenvalue weighted by molar-refractivity contribution is -0.142. The lowest BCUT2D eigenvalue weighted by Crippen LogP contribution is -2.48. The van der Waals surface area contributed by atoms with Crippen LogP contribution in [0.25, 0.3) is 10.9 Å². The van der Waals surface area contributed by atoms with Crippen molar-refractivity contribution in [1.82, 2.24) is 15.2 Å². The number of carbonyl (C=O) groups is 2. The molecule has 0 radical (unpaired) electrons. The number of nitrogens with zero attached hydrogens (tertiary/aromatic N) is 1. The third-order valence-corrected chi connectivity index (χ3v) is 7.66. The Morgan fingerprint density at radius 2 is 1.67 bits per heavy atom. The number of ether oxygens (including phenoxy) is 3. The van der Waals surface area contributed by atoms with Crippen molar-refractivity contribution in [2.24, 2.45) is 0 Å². The summed E-state index contributed by atoms with van der Waals surface area (Å²) in [5.41, 5.74) is 0.470. The summed E-state index contributed by atoms with van der Waals surface area (Å²) in [7, 11) is 0. The third kappa shape index (κ3) is 9.29. The molecule has 0 saturated heterocycles. The van der Waals surface area contributed by atoms with E-state index in [4.69, 9.17) is 19.3 Å². The van der Waals surface area contributed by atoms with Crippen molar-refractivity contribution < 1.29 is 42.1 Å². The number of nitrogens with one attached hydrogen (secondary N) is 2. The normalized spacial score (nSPS) is 17.0. The number of fused-ring (bicyclic) bond motifs is 3. The van der Waals surface area contributed by atoms with E-state index in [0.717, 1.165) is 28.6 Å². The maximum Gasteiger partial charge on any atom is 0.329 e. The van der Waals surface area contributed by atoms with Gasteiger partial charge in [-0.2, -0.15) is 0 Å². The number of rotatable bonds is 17. The summed E-state index contributed by atoms with van der Waals surface area (Å²) in [4.78, 5) is 28.3. The molecular formula is C33H42F3N3O6. The zero-order chi connectivity index (χ0) is 32.6. The van der Waals surface area contributed by atoms with Crippen molar-refractivity contribution in [3.63, 3.8) is 0 Å². The number of aromatic amines is 1. The maximum absolute atomic E-state index is 15.8. The summed E-state index contributed by atoms with van der Waals surface area (Å²) in [6.45, 7) is 6.31. The number of aliphatic carboxylic acids is 1. The van der Waals surface area contributed by atoms with E-state index >= 15 is 8.78 Å². The number of alkyl halides is 1. The number of H-pyrrole nitrogens is 1. The molecule has 0 aliphatic carbocycles. The molecule has 45 heavy (non-hydrogen) atoms. The van der Waals surface area contributed by atoms with Gasteiger partial charge < -0.3 is 29.6 Å². The Labute approximate surface area is 261 Å². The molecule has 0 spiro atoms. The van der Waals surface area contributed by atoms with E-state index in [9.17, 15) is 14.0 Å². The van der Waals surface area contributed by atoms with Gasteiger partial charge in [0.1, 0.15) is 23.9 Å². The highest BCUT2D eigenvalue weighted by molar-refractivity contribution is 5.94. The van der Waals surface area contributed by atoms with Crippen LogP contribution < -0.4 is 5.32 Å². The molecule has 4 rings (SSSR count). The zero-order valence-electron chi connectivity index (χ0n) is 26.0. The smallest absolute Gasteiger partial charge is 0.329 e. The van der Waals surface area contributed by atoms with Crippen LogP contribution in [0.1, 0.15) is 66.8 Å². The number of carboxylic acid groups (broad SMARTS) is 1. The molecule has 246 valence electrons. The van der Waals surface area contributed by atoms with Crippen molar-refractivity contribution in [1.29, 1.82) is 0 Å². The quantitative estimate of drug-likeness (QED) is 0.176. The lowest BCUT2D eigenvalue weighted by atomic mass is 9.87. The molecule has 3 N–H and O–H groups in total. The number of hydrogen-bond donors (Lipinski definition) is 3. The Morgan fingerprint density at radius 3 is 2.33 bits per heavy atom. The van der Waals surface area contributed by atoms with Gasteiger partial charge in [-0.05, 0) is 63.8 Å². The van der Waals surface area contributed by atoms with Gasteiger partial charge in [-0.1, -0.05) is 18.2 Å². The van der Waals surface area contributed by atoms with Gasteiger partial charge in [-0.25, -0.2) is 18.0 Å². The molecule has 2 atom stereocenters. The van der Waals surface area contributed by atoms with Gasteiger partial charge in [0, 0.05) is 53.5 Å². The van der Waals surface area contributed by atoms with E-state index in [2.05, 4.69) is 10.3 Å². The van der Waals surface area contributed by atoms with Crippen LogP contribution >= 0.6 is 0 Å². The summed E-state index contributed by atoms with van der Waals surface area (Å²) in [6, 6.07) is 8.67. The Hall–Kier alpha value is -3.45. The van der Waals surface area contributed by atoms with Gasteiger partial charge in [0.15, 0.2) is 0 Å². The SMILES string of the molecule is C[C@@H]1Cc2c([nH]c3ccccc23)[C@@H](c2c(F)cc(C(=O)NCCCCOCCOCCOCC(=O)O)cc2F)N1CC(C)(C)F. The van der Waals surface area contributed by atoms with E-state index in [1.54, 1.807) is 4.90 Å². The molecule has 0 bridgehead atoms. The Kier molecular flexibility index (Phi) is 12.0. The van der Waals surface area contributed by atoms with E-state index < -0.39 is 35.2 Å². The fourth-order valence-corrected chi connectivity index (χ4v) is 5.71. The highest BCUT2D eigenvalue weighted by Crippen LogP contribution is 2.43. The molecule has 0 saturated carbocycles. The number of carboxylic acids is 1. The molecular weight excluding hydrogens is 591 g/mol. The first-order chi connectivity index (χ1) is 21.5. The molecule has 0 unspecified atom stereocenters. The molecule has 3 aromatic rings. The average Bonchev–Trinajstić information content (AvgIpc) is 3.33. The molecule has 0 fully saturated rings. The van der Waals surface area contributed by atoms with Crippen molar-refractivity contribution in [2.75, 3.05) is 52.7 Å². The summed E-state index contributed by atoms with van der Waals surface area (Å²) >= 11 is 0. The van der Waals surface area contributed by atoms with Crippen LogP contribution in [0.5, 0.6) is 0 Å². The highest BCUT2D eigenvalue weighted by atomic mass is 19.1. The molecule has 1 aliphatic rings. The standard InChI is InChI=1S/C33H42F3N3O6/c1-21-16-24-23-8-4-5-9-27(23)38-30(24)31(39(21)20-33(2,3)36)29-25(34)17-22(18-26(29)35)32(42)37-10-6-7-11-43-12-13-44-14-15-45-19-28(40)41/h4-5,8-9,17-18,21,31,38H,6-7,10-16,19-20H2,1-3H3,(H,37,42)(H,40,41)/t21-,31-/m1/s1. The fourth-order valence-electron chi connectivity index (χ4n) is 5.71. The van der Waals surface area contributed by atoms with E-state index in [0.29, 0.717) is 51.3 Å². The second-order valence-corrected chi connectivity index (χ2v) is 11.9. The first kappa shape index (κ1) is 34.4. The van der Waals surface area contributed by atoms with E-state index in [1.807, 2.05) is 31.2 Å². The number of halogens is 3. The number of para-hydroxylation sites is 1. The van der Waals surface area contributed by atoms with E-state index in [-0.39, 0.29) is 43.5 Å². The van der Waals surface area contributed by atoms with Gasteiger partial charge in [0.25, 0.3) is 5.91 Å². The number of unbranched alkanes of at least 4 members (excludes halogenated alkanes) is 1. The van der Waals surface area contributed by atoms with Crippen LogP contribution in [-0.4, -0.2) is 91.3 Å². The van der Waals surface area contributed by atoms with Crippen LogP contribution in [0.4, 0.5) is 13.2 Å². The molecule has 1 amide bonds. The van der Waals surface area contributed by atoms with E-state index in [1.165, 1.54) is 13.8 Å². The summed E-state index contributed by atoms with van der Waals surface area (Å²) in [5.74, 6) is -3.36. The van der Waals surface area contributed by atoms with Crippen LogP contribution in [0.2, 0.25) is 0 Å². The minimum absolute atomic E-state index is 0.0327. The Morgan fingerprint density at radius 1 is 1.02 bits per heavy atom. The fraction of sp³-hybridized carbons (Fsp3) is 0.515. The summed E-state index contributed by atoms with van der Waals surface area (Å²) < 4.78 is 62.2. The van der Waals surface area contributed by atoms with Gasteiger partial charge in [-0.3, -0.25) is 9.69 Å². The van der Waals surface area contributed by atoms with Crippen LogP contribution in [0.15, 0.2) is 36.4 Å². The summed E-state index contributed by atoms with van der Waals surface area (Å²) in [5, 5.41) is 12.1. The maximum atomic E-state index is 15.8. The van der Waals surface area contributed by atoms with Crippen LogP contribution in [0, 0.1) is 11.6 Å². The molecule has 1 aromatic heterocycles. The number of carbonyl (C=O) groups excluding carboxylic acids is 1. The average molecular weight is 634 g/mol. The topological polar surface area (TPSA) is 113 Å². The molecule has 12 heteroatoms. The predicted molar refractivity (Wildman–Crippen MR) is 163 cm³/mol. The van der Waals surface area contributed by atoms with Crippen LogP contribution in [0.3, 0.4) is 0 Å². The number of hydrogen-bond acceptors (Lipinski definition) is 6. The molecule has 1 aliphatic heterocycles. The second kappa shape index (κ2) is 15.7. The second-order valence-electron chi connectivity index (χ2n) is 11.9. The molecule has 2 aromatic carbocycles. The van der Waals surface area contributed by atoms with Gasteiger partial charge in [0.05, 0.1) is 32.5 Å². The van der Waals surface area contributed by atoms with Gasteiger partial charge >= 0.3 is 5.97 Å². The Bertz CT molecular complexity index is 1430. The number of aromatic nitrogens is 1. The minimum Gasteiger partial charge on any atom is -0.480 e. The van der Waals surface area contributed by atoms with Gasteiger partial charge in [0.2, 0.25) is 0 Å². The van der Waals surface area contributed by atoms with Gasteiger partial charge in [-0.15, -0.1) is 0 Å². The molecule has 2 heterocycles. The highest BCUT2D eigenvalue weighted by Gasteiger charge is 2.41. The predicted octanol–water partition coefficient (Wildman–Crippen LogP) is 5.17. The largest absolute Gasteiger partial charge is 0.480 e. The van der Waals surface area contributed by atoms with Crippen LogP contribution in [-0.2, 0) is 25.4 Å². The zero-order valence-corrected chi connectivity index (χ0v) is 26.0. The first-order valence-electron chi connectivity index (χ1n) is 15.2. The Balaban J connectivity index is 1.34. The minimum atomic E-state index is -1.61. The number of amides is 1. The molecule has 9 nitrogen and oxygen atoms in total. The third-order valence-electron chi connectivity index (χ3n) is 7.66. The lowest BCUT2D eigenvalue weighted by Gasteiger charge is -2.43. The van der Waals surface area contributed by atoms with Crippen molar-refractivity contribution >= 4 is 22.8 Å². The monoisotopic (exact) mass is 633 g/mol. The van der Waals surface area contributed by atoms with Crippen molar-refractivity contribution in [3.8, 4) is 0 Å². The first-order valence-corrected chi connectivity index (χ1v) is 15.2. The summed E-state index contributed by atoms with van der Waals surface area (Å²) in [6.07, 6.45) is 1.84. The van der Waals surface area contributed by atoms with Crippen molar-refractivity contribution in [3.05, 3.63) is 70.4 Å².